The van der Waals surface area contributed by atoms with Gasteiger partial charge < -0.3 is 19.9 Å². The second-order valence-electron chi connectivity index (χ2n) is 8.55. The molecule has 0 spiro atoms. The number of carbonyl (C=O) groups excluding carboxylic acids is 2. The maximum atomic E-state index is 12.9. The van der Waals surface area contributed by atoms with Crippen LogP contribution in [0.4, 0.5) is 5.69 Å². The summed E-state index contributed by atoms with van der Waals surface area (Å²) < 4.78 is 7.06. The van der Waals surface area contributed by atoms with Gasteiger partial charge in [0.15, 0.2) is 11.0 Å². The molecule has 36 heavy (non-hydrogen) atoms. The van der Waals surface area contributed by atoms with Crippen molar-refractivity contribution < 1.29 is 14.3 Å². The standard InChI is InChI=1S/C27H33N5O3S/c1-6-16-32-25(24(18(3)4)29-26(34)20-10-14-22(35-5)15-11-20)30-31-27(32)36-17-23(33)28-21-12-8-19(7-2)9-13-21/h6,8-15,18,24H,1,7,16-17H2,2-5H3,(H,28,33)(H,29,34). The molecule has 0 bridgehead atoms. The van der Waals surface area contributed by atoms with Crippen LogP contribution in [0.5, 0.6) is 5.75 Å². The van der Waals surface area contributed by atoms with E-state index in [4.69, 9.17) is 4.74 Å². The highest BCUT2D eigenvalue weighted by Crippen LogP contribution is 2.26. The molecule has 9 heteroatoms. The lowest BCUT2D eigenvalue weighted by Crippen LogP contribution is -2.33. The Kier molecular flexibility index (Phi) is 9.69. The molecule has 1 atom stereocenters. The van der Waals surface area contributed by atoms with Crippen molar-refractivity contribution in [1.82, 2.24) is 20.1 Å². The maximum Gasteiger partial charge on any atom is 0.251 e. The summed E-state index contributed by atoms with van der Waals surface area (Å²) in [5, 5.41) is 15.3. The molecule has 2 N–H and O–H groups in total. The van der Waals surface area contributed by atoms with Gasteiger partial charge in [0.05, 0.1) is 18.9 Å². The topological polar surface area (TPSA) is 98.1 Å². The average Bonchev–Trinajstić information content (AvgIpc) is 3.28. The minimum Gasteiger partial charge on any atom is -0.497 e. The van der Waals surface area contributed by atoms with Crippen LogP contribution in [-0.2, 0) is 17.8 Å². The van der Waals surface area contributed by atoms with E-state index in [1.54, 1.807) is 37.5 Å². The van der Waals surface area contributed by atoms with Crippen molar-refractivity contribution in [3.63, 3.8) is 0 Å². The van der Waals surface area contributed by atoms with Gasteiger partial charge in [0, 0.05) is 17.8 Å². The van der Waals surface area contributed by atoms with E-state index in [-0.39, 0.29) is 29.5 Å². The Labute approximate surface area is 216 Å². The van der Waals surface area contributed by atoms with Crippen LogP contribution < -0.4 is 15.4 Å². The van der Waals surface area contributed by atoms with Gasteiger partial charge in [-0.1, -0.05) is 50.7 Å². The molecule has 0 aliphatic rings. The number of hydrogen-bond donors (Lipinski definition) is 2. The number of benzene rings is 2. The zero-order chi connectivity index (χ0) is 26.1. The molecular weight excluding hydrogens is 474 g/mol. The number of carbonyl (C=O) groups is 2. The van der Waals surface area contributed by atoms with Crippen molar-refractivity contribution in [3.8, 4) is 5.75 Å². The van der Waals surface area contributed by atoms with Crippen molar-refractivity contribution in [1.29, 1.82) is 0 Å². The number of amides is 2. The molecule has 3 aromatic rings. The van der Waals surface area contributed by atoms with Crippen LogP contribution in [0.1, 0.15) is 48.6 Å². The Morgan fingerprint density at radius 1 is 1.11 bits per heavy atom. The van der Waals surface area contributed by atoms with Gasteiger partial charge in [-0.3, -0.25) is 9.59 Å². The quantitative estimate of drug-likeness (QED) is 0.267. The fraction of sp³-hybridized carbons (Fsp3) is 0.333. The van der Waals surface area contributed by atoms with Crippen LogP contribution in [0.25, 0.3) is 0 Å². The zero-order valence-corrected chi connectivity index (χ0v) is 22.0. The van der Waals surface area contributed by atoms with Crippen LogP contribution >= 0.6 is 11.8 Å². The molecule has 190 valence electrons. The summed E-state index contributed by atoms with van der Waals surface area (Å²) >= 11 is 1.29. The van der Waals surface area contributed by atoms with E-state index in [9.17, 15) is 9.59 Å². The molecule has 0 aliphatic carbocycles. The van der Waals surface area contributed by atoms with Gasteiger partial charge in [-0.25, -0.2) is 0 Å². The molecule has 0 saturated heterocycles. The molecule has 1 aromatic heterocycles. The highest BCUT2D eigenvalue weighted by molar-refractivity contribution is 7.99. The first-order chi connectivity index (χ1) is 17.4. The van der Waals surface area contributed by atoms with Crippen LogP contribution in [0, 0.1) is 5.92 Å². The minimum atomic E-state index is -0.382. The number of nitrogens with one attached hydrogen (secondary N) is 2. The van der Waals surface area contributed by atoms with Crippen molar-refractivity contribution in [2.24, 2.45) is 5.92 Å². The van der Waals surface area contributed by atoms with Crippen LogP contribution in [0.3, 0.4) is 0 Å². The molecule has 1 heterocycles. The number of nitrogens with zero attached hydrogens (tertiary/aromatic N) is 3. The largest absolute Gasteiger partial charge is 0.497 e. The van der Waals surface area contributed by atoms with E-state index in [1.807, 2.05) is 42.7 Å². The molecule has 0 fully saturated rings. The van der Waals surface area contributed by atoms with Gasteiger partial charge in [0.2, 0.25) is 5.91 Å². The lowest BCUT2D eigenvalue weighted by Gasteiger charge is -2.22. The number of methoxy groups -OCH3 is 1. The number of thioether (sulfide) groups is 1. The first kappa shape index (κ1) is 27.0. The van der Waals surface area contributed by atoms with Gasteiger partial charge in [-0.05, 0) is 54.3 Å². The molecule has 2 amide bonds. The van der Waals surface area contributed by atoms with Crippen LogP contribution in [0.15, 0.2) is 66.3 Å². The number of hydrogen-bond acceptors (Lipinski definition) is 6. The van der Waals surface area contributed by atoms with Gasteiger partial charge in [0.25, 0.3) is 5.91 Å². The first-order valence-electron chi connectivity index (χ1n) is 11.9. The van der Waals surface area contributed by atoms with Gasteiger partial charge in [-0.15, -0.1) is 16.8 Å². The number of aromatic nitrogens is 3. The summed E-state index contributed by atoms with van der Waals surface area (Å²) in [4.78, 5) is 25.5. The van der Waals surface area contributed by atoms with Crippen LogP contribution in [-0.4, -0.2) is 39.4 Å². The van der Waals surface area contributed by atoms with Gasteiger partial charge >= 0.3 is 0 Å². The number of aryl methyl sites for hydroxylation is 1. The van der Waals surface area contributed by atoms with E-state index < -0.39 is 0 Å². The molecule has 2 aromatic carbocycles. The molecular formula is C27H33N5O3S. The average molecular weight is 508 g/mol. The monoisotopic (exact) mass is 507 g/mol. The van der Waals surface area contributed by atoms with Crippen molar-refractivity contribution in [2.75, 3.05) is 18.2 Å². The van der Waals surface area contributed by atoms with E-state index in [0.717, 1.165) is 12.1 Å². The van der Waals surface area contributed by atoms with Crippen molar-refractivity contribution in [3.05, 3.63) is 78.1 Å². The second kappa shape index (κ2) is 12.9. The Balaban J connectivity index is 1.72. The lowest BCUT2D eigenvalue weighted by atomic mass is 10.0. The summed E-state index contributed by atoms with van der Waals surface area (Å²) in [6, 6.07) is 14.4. The normalized spacial score (nSPS) is 11.7. The fourth-order valence-electron chi connectivity index (χ4n) is 3.58. The molecule has 3 rings (SSSR count). The fourth-order valence-corrected chi connectivity index (χ4v) is 4.34. The summed E-state index contributed by atoms with van der Waals surface area (Å²) in [5.41, 5.74) is 2.49. The predicted octanol–water partition coefficient (Wildman–Crippen LogP) is 4.89. The number of rotatable bonds is 12. The van der Waals surface area contributed by atoms with Gasteiger partial charge in [-0.2, -0.15) is 0 Å². The number of allylic oxidation sites excluding steroid dienone is 1. The minimum absolute atomic E-state index is 0.0483. The Morgan fingerprint density at radius 2 is 1.81 bits per heavy atom. The van der Waals surface area contributed by atoms with Crippen LogP contribution in [0.2, 0.25) is 0 Å². The third kappa shape index (κ3) is 6.97. The highest BCUT2D eigenvalue weighted by atomic mass is 32.2. The first-order valence-corrected chi connectivity index (χ1v) is 12.8. The predicted molar refractivity (Wildman–Crippen MR) is 143 cm³/mol. The van der Waals surface area contributed by atoms with E-state index >= 15 is 0 Å². The molecule has 1 unspecified atom stereocenters. The number of ether oxygens (including phenoxy) is 1. The SMILES string of the molecule is C=CCn1c(SCC(=O)Nc2ccc(CC)cc2)nnc1C(NC(=O)c1ccc(OC)cc1)C(C)C. The molecule has 0 saturated carbocycles. The summed E-state index contributed by atoms with van der Waals surface area (Å²) in [6.07, 6.45) is 2.69. The Hall–Kier alpha value is -3.59. The maximum absolute atomic E-state index is 12.9. The summed E-state index contributed by atoms with van der Waals surface area (Å²) in [7, 11) is 1.58. The van der Waals surface area contributed by atoms with Crippen molar-refractivity contribution >= 4 is 29.3 Å². The third-order valence-corrected chi connectivity index (χ3v) is 6.59. The third-order valence-electron chi connectivity index (χ3n) is 5.62. The van der Waals surface area contributed by atoms with E-state index in [2.05, 4.69) is 34.3 Å². The molecule has 0 radical (unpaired) electrons. The lowest BCUT2D eigenvalue weighted by molar-refractivity contribution is -0.113. The number of anilines is 1. The summed E-state index contributed by atoms with van der Waals surface area (Å²) in [6.45, 7) is 10.4. The van der Waals surface area contributed by atoms with E-state index in [1.165, 1.54) is 17.3 Å². The van der Waals surface area contributed by atoms with Crippen molar-refractivity contribution in [2.45, 2.75) is 44.9 Å². The summed E-state index contributed by atoms with van der Waals surface area (Å²) in [5.74, 6) is 1.17. The smallest absolute Gasteiger partial charge is 0.251 e. The zero-order valence-electron chi connectivity index (χ0n) is 21.2. The molecule has 8 nitrogen and oxygen atoms in total. The Morgan fingerprint density at radius 3 is 2.39 bits per heavy atom. The van der Waals surface area contributed by atoms with Gasteiger partial charge in [0.1, 0.15) is 5.75 Å². The molecule has 0 aliphatic heterocycles. The van der Waals surface area contributed by atoms with E-state index in [0.29, 0.717) is 28.8 Å². The Bertz CT molecular complexity index is 1170. The highest BCUT2D eigenvalue weighted by Gasteiger charge is 2.26. The second-order valence-corrected chi connectivity index (χ2v) is 9.49.